The molecule has 184 valence electrons. The van der Waals surface area contributed by atoms with Gasteiger partial charge in [0.1, 0.15) is 17.4 Å². The highest BCUT2D eigenvalue weighted by atomic mass is 32.1. The van der Waals surface area contributed by atoms with Crippen molar-refractivity contribution in [1.29, 1.82) is 0 Å². The lowest BCUT2D eigenvalue weighted by atomic mass is 9.92. The SMILES string of the molecule is COc1ccc(CNC(=S)Nc2nc(N3CCCCCC3)cc(N3C[C@@H](C)C[C@H](C)C3)n2)cc1. The largest absolute Gasteiger partial charge is 0.497 e. The van der Waals surface area contributed by atoms with Crippen molar-refractivity contribution in [2.24, 2.45) is 11.8 Å². The van der Waals surface area contributed by atoms with Gasteiger partial charge in [-0.3, -0.25) is 0 Å². The van der Waals surface area contributed by atoms with E-state index in [0.29, 0.717) is 29.4 Å². The van der Waals surface area contributed by atoms with Crippen LogP contribution in [0.2, 0.25) is 0 Å². The van der Waals surface area contributed by atoms with Crippen LogP contribution in [-0.2, 0) is 6.54 Å². The Balaban J connectivity index is 1.49. The number of rotatable bonds is 6. The zero-order chi connectivity index (χ0) is 23.9. The summed E-state index contributed by atoms with van der Waals surface area (Å²) in [7, 11) is 1.67. The van der Waals surface area contributed by atoms with Crippen LogP contribution in [0.15, 0.2) is 30.3 Å². The van der Waals surface area contributed by atoms with E-state index in [1.54, 1.807) is 7.11 Å². The van der Waals surface area contributed by atoms with Crippen LogP contribution in [0.5, 0.6) is 5.75 Å². The molecule has 4 rings (SSSR count). The maximum atomic E-state index is 5.59. The molecule has 7 nitrogen and oxygen atoms in total. The number of aromatic nitrogens is 2. The second-order valence-corrected chi connectivity index (χ2v) is 10.2. The van der Waals surface area contributed by atoms with Gasteiger partial charge in [-0.05, 0) is 61.0 Å². The molecule has 2 aromatic rings. The fourth-order valence-corrected chi connectivity index (χ4v) is 5.19. The molecule has 0 bridgehead atoms. The molecule has 2 atom stereocenters. The quantitative estimate of drug-likeness (QED) is 0.568. The van der Waals surface area contributed by atoms with E-state index in [1.165, 1.54) is 32.1 Å². The van der Waals surface area contributed by atoms with Gasteiger partial charge in [0.15, 0.2) is 5.11 Å². The van der Waals surface area contributed by atoms with E-state index in [9.17, 15) is 0 Å². The van der Waals surface area contributed by atoms with E-state index in [0.717, 1.165) is 49.1 Å². The van der Waals surface area contributed by atoms with Crippen LogP contribution >= 0.6 is 12.2 Å². The lowest BCUT2D eigenvalue weighted by Crippen LogP contribution is -2.39. The van der Waals surface area contributed by atoms with Gasteiger partial charge < -0.3 is 25.2 Å². The number of piperidine rings is 1. The van der Waals surface area contributed by atoms with Crippen molar-refractivity contribution in [1.82, 2.24) is 15.3 Å². The molecular formula is C26H38N6OS. The number of nitrogens with zero attached hydrogens (tertiary/aromatic N) is 4. The number of methoxy groups -OCH3 is 1. The summed E-state index contributed by atoms with van der Waals surface area (Å²) in [4.78, 5) is 14.6. The molecule has 0 radical (unpaired) electrons. The van der Waals surface area contributed by atoms with Crippen molar-refractivity contribution in [3.05, 3.63) is 35.9 Å². The Morgan fingerprint density at radius 3 is 2.21 bits per heavy atom. The maximum absolute atomic E-state index is 5.59. The van der Waals surface area contributed by atoms with E-state index in [1.807, 2.05) is 24.3 Å². The molecule has 0 saturated carbocycles. The second kappa shape index (κ2) is 11.7. The second-order valence-electron chi connectivity index (χ2n) is 9.82. The third-order valence-electron chi connectivity index (χ3n) is 6.66. The van der Waals surface area contributed by atoms with Crippen LogP contribution in [-0.4, -0.2) is 48.4 Å². The monoisotopic (exact) mass is 482 g/mol. The smallest absolute Gasteiger partial charge is 0.232 e. The van der Waals surface area contributed by atoms with E-state index in [2.05, 4.69) is 40.3 Å². The molecule has 8 heteroatoms. The molecule has 0 aliphatic carbocycles. The Morgan fingerprint density at radius 2 is 1.59 bits per heavy atom. The number of hydrogen-bond donors (Lipinski definition) is 2. The van der Waals surface area contributed by atoms with Gasteiger partial charge in [0.25, 0.3) is 0 Å². The van der Waals surface area contributed by atoms with E-state index in [-0.39, 0.29) is 0 Å². The molecule has 0 spiro atoms. The molecule has 2 saturated heterocycles. The molecule has 1 aromatic heterocycles. The molecule has 3 heterocycles. The maximum Gasteiger partial charge on any atom is 0.232 e. The third-order valence-corrected chi connectivity index (χ3v) is 6.91. The van der Waals surface area contributed by atoms with E-state index in [4.69, 9.17) is 26.9 Å². The zero-order valence-electron chi connectivity index (χ0n) is 20.7. The van der Waals surface area contributed by atoms with Gasteiger partial charge in [-0.15, -0.1) is 0 Å². The van der Waals surface area contributed by atoms with Crippen molar-refractivity contribution < 1.29 is 4.74 Å². The standard InChI is InChI=1S/C26H38N6OS/c1-19-14-20(2)18-32(17-19)24-15-23(31-12-6-4-5-7-13-31)28-25(29-24)30-26(34)27-16-21-8-10-22(33-3)11-9-21/h8-11,15,19-20H,4-7,12-14,16-18H2,1-3H3,(H2,27,28,29,30,34)/t19-,20-/m0/s1. The highest BCUT2D eigenvalue weighted by Crippen LogP contribution is 2.29. The summed E-state index contributed by atoms with van der Waals surface area (Å²) in [5.41, 5.74) is 1.13. The molecule has 2 fully saturated rings. The Morgan fingerprint density at radius 1 is 0.971 bits per heavy atom. The van der Waals surface area contributed by atoms with Crippen LogP contribution < -0.4 is 25.2 Å². The van der Waals surface area contributed by atoms with Crippen molar-refractivity contribution in [2.45, 2.75) is 52.5 Å². The highest BCUT2D eigenvalue weighted by Gasteiger charge is 2.24. The van der Waals surface area contributed by atoms with Crippen LogP contribution in [0.4, 0.5) is 17.6 Å². The molecule has 0 unspecified atom stereocenters. The normalized spacial score (nSPS) is 21.0. The van der Waals surface area contributed by atoms with Crippen molar-refractivity contribution >= 4 is 34.9 Å². The first-order valence-electron chi connectivity index (χ1n) is 12.6. The van der Waals surface area contributed by atoms with Crippen LogP contribution in [0.1, 0.15) is 51.5 Å². The Labute approximate surface area is 209 Å². The number of hydrogen-bond acceptors (Lipinski definition) is 6. The van der Waals surface area contributed by atoms with Gasteiger partial charge in [-0.2, -0.15) is 9.97 Å². The minimum absolute atomic E-state index is 0.523. The minimum atomic E-state index is 0.523. The number of thiocarbonyl (C=S) groups is 1. The molecule has 1 aromatic carbocycles. The van der Waals surface area contributed by atoms with Gasteiger partial charge in [-0.1, -0.05) is 38.8 Å². The Hall–Kier alpha value is -2.61. The number of nitrogens with one attached hydrogen (secondary N) is 2. The van der Waals surface area contributed by atoms with Crippen LogP contribution in [0.25, 0.3) is 0 Å². The Bertz CT molecular complexity index is 935. The number of ether oxygens (including phenoxy) is 1. The first-order valence-corrected chi connectivity index (χ1v) is 13.0. The predicted octanol–water partition coefficient (Wildman–Crippen LogP) is 4.83. The summed E-state index contributed by atoms with van der Waals surface area (Å²) in [6.45, 7) is 9.43. The average molecular weight is 483 g/mol. The summed E-state index contributed by atoms with van der Waals surface area (Å²) in [6.07, 6.45) is 6.27. The van der Waals surface area contributed by atoms with Gasteiger partial charge >= 0.3 is 0 Å². The number of benzene rings is 1. The first kappa shape index (κ1) is 24.5. The molecule has 2 aliphatic heterocycles. The molecule has 0 amide bonds. The highest BCUT2D eigenvalue weighted by molar-refractivity contribution is 7.80. The van der Waals surface area contributed by atoms with E-state index < -0.39 is 0 Å². The summed E-state index contributed by atoms with van der Waals surface area (Å²) >= 11 is 5.59. The lowest BCUT2D eigenvalue weighted by Gasteiger charge is -2.36. The summed E-state index contributed by atoms with van der Waals surface area (Å²) < 4.78 is 5.23. The zero-order valence-corrected chi connectivity index (χ0v) is 21.5. The summed E-state index contributed by atoms with van der Waals surface area (Å²) in [6, 6.07) is 10.1. The predicted molar refractivity (Wildman–Crippen MR) is 144 cm³/mol. The average Bonchev–Trinajstić information content (AvgIpc) is 3.12. The fourth-order valence-electron chi connectivity index (χ4n) is 5.02. The molecular weight excluding hydrogens is 444 g/mol. The van der Waals surface area contributed by atoms with Crippen molar-refractivity contribution in [2.75, 3.05) is 48.4 Å². The third kappa shape index (κ3) is 6.72. The number of anilines is 3. The van der Waals surface area contributed by atoms with Crippen molar-refractivity contribution in [3.8, 4) is 5.75 Å². The summed E-state index contributed by atoms with van der Waals surface area (Å²) in [5.74, 6) is 4.71. The van der Waals surface area contributed by atoms with Gasteiger partial charge in [-0.25, -0.2) is 0 Å². The lowest BCUT2D eigenvalue weighted by molar-refractivity contribution is 0.355. The first-order chi connectivity index (χ1) is 16.5. The van der Waals surface area contributed by atoms with Gasteiger partial charge in [0.2, 0.25) is 5.95 Å². The molecule has 2 N–H and O–H groups in total. The fraction of sp³-hybridized carbons (Fsp3) is 0.577. The summed E-state index contributed by atoms with van der Waals surface area (Å²) in [5, 5.41) is 7.05. The van der Waals surface area contributed by atoms with Crippen LogP contribution in [0.3, 0.4) is 0 Å². The topological polar surface area (TPSA) is 65.6 Å². The molecule has 34 heavy (non-hydrogen) atoms. The van der Waals surface area contributed by atoms with Crippen molar-refractivity contribution in [3.63, 3.8) is 0 Å². The Kier molecular flexibility index (Phi) is 8.43. The van der Waals surface area contributed by atoms with Gasteiger partial charge in [0.05, 0.1) is 7.11 Å². The van der Waals surface area contributed by atoms with E-state index >= 15 is 0 Å². The van der Waals surface area contributed by atoms with Crippen LogP contribution in [0, 0.1) is 11.8 Å². The minimum Gasteiger partial charge on any atom is -0.497 e. The molecule has 2 aliphatic rings. The van der Waals surface area contributed by atoms with Gasteiger partial charge in [0, 0.05) is 38.8 Å².